The molecule has 0 saturated heterocycles. The second-order valence-corrected chi connectivity index (χ2v) is 5.41. The van der Waals surface area contributed by atoms with Crippen molar-refractivity contribution >= 4 is 46.8 Å². The van der Waals surface area contributed by atoms with Crippen LogP contribution in [0.15, 0.2) is 35.9 Å². The number of carbonyl (C=O) groups is 2. The lowest BCUT2D eigenvalue weighted by Gasteiger charge is -2.06. The van der Waals surface area contributed by atoms with Crippen molar-refractivity contribution in [3.63, 3.8) is 0 Å². The number of H-pyrrole nitrogens is 1. The van der Waals surface area contributed by atoms with Gasteiger partial charge < -0.3 is 15.0 Å². The van der Waals surface area contributed by atoms with E-state index in [0.29, 0.717) is 16.4 Å². The van der Waals surface area contributed by atoms with Crippen molar-refractivity contribution in [3.8, 4) is 6.07 Å². The maximum absolute atomic E-state index is 12.2. The van der Waals surface area contributed by atoms with Crippen LogP contribution in [-0.4, -0.2) is 24.0 Å². The third-order valence-electron chi connectivity index (χ3n) is 2.96. The van der Waals surface area contributed by atoms with Crippen LogP contribution in [0.3, 0.4) is 0 Å². The fraction of sp³-hybridized carbons (Fsp3) is 0.0625. The molecule has 122 valence electrons. The molecule has 2 N–H and O–H groups in total. The van der Waals surface area contributed by atoms with Crippen molar-refractivity contribution < 1.29 is 14.3 Å². The van der Waals surface area contributed by atoms with Gasteiger partial charge in [-0.15, -0.1) is 0 Å². The minimum atomic E-state index is -0.643. The molecule has 1 aromatic heterocycles. The minimum Gasteiger partial charge on any atom is -0.464 e. The third-order valence-corrected chi connectivity index (χ3v) is 3.51. The van der Waals surface area contributed by atoms with Gasteiger partial charge in [-0.05, 0) is 36.4 Å². The molecule has 0 atom stereocenters. The number of aromatic amines is 1. The Balaban J connectivity index is 2.21. The predicted octanol–water partition coefficient (Wildman–Crippen LogP) is 3.65. The summed E-state index contributed by atoms with van der Waals surface area (Å²) in [6.45, 7) is 0. The Hall–Kier alpha value is -2.75. The van der Waals surface area contributed by atoms with E-state index in [1.807, 2.05) is 0 Å². The average molecular weight is 364 g/mol. The summed E-state index contributed by atoms with van der Waals surface area (Å²) in [5.74, 6) is -1.19. The van der Waals surface area contributed by atoms with E-state index in [1.54, 1.807) is 18.2 Å². The standard InChI is InChI=1S/C16H11Cl2N3O3/c1-24-16(23)14-5-3-11(20-14)6-9(8-19)15(22)21-13-4-2-10(17)7-12(13)18/h2-7,20H,1H3,(H,21,22)/b9-6+. The molecular formula is C16H11Cl2N3O3. The van der Waals surface area contributed by atoms with Gasteiger partial charge in [0.2, 0.25) is 0 Å². The number of nitrogens with zero attached hydrogens (tertiary/aromatic N) is 1. The number of methoxy groups -OCH3 is 1. The molecule has 1 amide bonds. The van der Waals surface area contributed by atoms with Crippen LogP contribution in [0.25, 0.3) is 6.08 Å². The van der Waals surface area contributed by atoms with Crippen molar-refractivity contribution in [1.29, 1.82) is 5.26 Å². The second kappa shape index (κ2) is 7.68. The van der Waals surface area contributed by atoms with Gasteiger partial charge in [-0.1, -0.05) is 23.2 Å². The van der Waals surface area contributed by atoms with Crippen molar-refractivity contribution in [2.24, 2.45) is 0 Å². The van der Waals surface area contributed by atoms with Gasteiger partial charge in [0, 0.05) is 10.7 Å². The average Bonchev–Trinajstić information content (AvgIpc) is 3.03. The van der Waals surface area contributed by atoms with Gasteiger partial charge in [0.1, 0.15) is 17.3 Å². The number of rotatable bonds is 4. The Morgan fingerprint density at radius 3 is 2.67 bits per heavy atom. The molecule has 0 aliphatic heterocycles. The summed E-state index contributed by atoms with van der Waals surface area (Å²) in [5, 5.41) is 12.4. The summed E-state index contributed by atoms with van der Waals surface area (Å²) in [7, 11) is 1.25. The summed E-state index contributed by atoms with van der Waals surface area (Å²) < 4.78 is 4.57. The topological polar surface area (TPSA) is 95.0 Å². The first-order chi connectivity index (χ1) is 11.4. The van der Waals surface area contributed by atoms with Crippen molar-refractivity contribution in [2.45, 2.75) is 0 Å². The quantitative estimate of drug-likeness (QED) is 0.492. The molecule has 2 rings (SSSR count). The number of carbonyl (C=O) groups excluding carboxylic acids is 2. The van der Waals surface area contributed by atoms with Crippen LogP contribution in [-0.2, 0) is 9.53 Å². The van der Waals surface area contributed by atoms with Gasteiger partial charge in [0.25, 0.3) is 5.91 Å². The lowest BCUT2D eigenvalue weighted by molar-refractivity contribution is -0.112. The summed E-state index contributed by atoms with van der Waals surface area (Å²) in [6.07, 6.45) is 1.31. The summed E-state index contributed by atoms with van der Waals surface area (Å²) in [4.78, 5) is 26.3. The molecule has 2 aromatic rings. The van der Waals surface area contributed by atoms with Crippen molar-refractivity contribution in [1.82, 2.24) is 4.98 Å². The number of benzene rings is 1. The maximum Gasteiger partial charge on any atom is 0.354 e. The van der Waals surface area contributed by atoms with Crippen molar-refractivity contribution in [3.05, 3.63) is 57.3 Å². The zero-order valence-corrected chi connectivity index (χ0v) is 13.9. The lowest BCUT2D eigenvalue weighted by atomic mass is 10.2. The van der Waals surface area contributed by atoms with E-state index in [2.05, 4.69) is 15.0 Å². The Kier molecular flexibility index (Phi) is 5.64. The molecule has 0 fully saturated rings. The van der Waals surface area contributed by atoms with Gasteiger partial charge in [-0.25, -0.2) is 4.79 Å². The Labute approximate surface area is 147 Å². The van der Waals surface area contributed by atoms with E-state index in [4.69, 9.17) is 23.2 Å². The molecule has 0 bridgehead atoms. The fourth-order valence-electron chi connectivity index (χ4n) is 1.81. The van der Waals surface area contributed by atoms with Crippen LogP contribution in [0.1, 0.15) is 16.2 Å². The molecule has 0 aliphatic carbocycles. The van der Waals surface area contributed by atoms with E-state index in [1.165, 1.54) is 31.4 Å². The number of hydrogen-bond donors (Lipinski definition) is 2. The van der Waals surface area contributed by atoms with E-state index < -0.39 is 11.9 Å². The van der Waals surface area contributed by atoms with Gasteiger partial charge in [-0.2, -0.15) is 5.26 Å². The highest BCUT2D eigenvalue weighted by Gasteiger charge is 2.13. The predicted molar refractivity (Wildman–Crippen MR) is 90.8 cm³/mol. The molecule has 1 heterocycles. The zero-order valence-electron chi connectivity index (χ0n) is 12.4. The molecule has 0 saturated carbocycles. The number of aromatic nitrogens is 1. The van der Waals surface area contributed by atoms with Crippen LogP contribution in [0.5, 0.6) is 0 Å². The van der Waals surface area contributed by atoms with Crippen LogP contribution < -0.4 is 5.32 Å². The van der Waals surface area contributed by atoms with E-state index in [0.717, 1.165) is 0 Å². The number of anilines is 1. The fourth-order valence-corrected chi connectivity index (χ4v) is 2.27. The van der Waals surface area contributed by atoms with E-state index in [-0.39, 0.29) is 16.3 Å². The van der Waals surface area contributed by atoms with Crippen molar-refractivity contribution in [2.75, 3.05) is 12.4 Å². The van der Waals surface area contributed by atoms with Crippen LogP contribution in [0.4, 0.5) is 5.69 Å². The molecule has 24 heavy (non-hydrogen) atoms. The van der Waals surface area contributed by atoms with Gasteiger partial charge in [0.15, 0.2) is 0 Å². The van der Waals surface area contributed by atoms with Crippen LogP contribution in [0, 0.1) is 11.3 Å². The SMILES string of the molecule is COC(=O)c1ccc(/C=C(\C#N)C(=O)Nc2ccc(Cl)cc2Cl)[nH]1. The number of ether oxygens (including phenoxy) is 1. The number of hydrogen-bond acceptors (Lipinski definition) is 4. The van der Waals surface area contributed by atoms with E-state index in [9.17, 15) is 14.9 Å². The molecule has 0 radical (unpaired) electrons. The van der Waals surface area contributed by atoms with Crippen LogP contribution >= 0.6 is 23.2 Å². The Morgan fingerprint density at radius 1 is 1.29 bits per heavy atom. The summed E-state index contributed by atoms with van der Waals surface area (Å²) in [6, 6.07) is 9.40. The Bertz CT molecular complexity index is 866. The molecular weight excluding hydrogens is 353 g/mol. The lowest BCUT2D eigenvalue weighted by Crippen LogP contribution is -2.13. The van der Waals surface area contributed by atoms with Gasteiger partial charge in [-0.3, -0.25) is 4.79 Å². The van der Waals surface area contributed by atoms with Gasteiger partial charge in [0.05, 0.1) is 17.8 Å². The smallest absolute Gasteiger partial charge is 0.354 e. The highest BCUT2D eigenvalue weighted by molar-refractivity contribution is 6.36. The highest BCUT2D eigenvalue weighted by atomic mass is 35.5. The molecule has 8 heteroatoms. The Morgan fingerprint density at radius 2 is 2.04 bits per heavy atom. The molecule has 1 aromatic carbocycles. The summed E-state index contributed by atoms with van der Waals surface area (Å²) >= 11 is 11.8. The number of esters is 1. The first kappa shape index (κ1) is 17.6. The third kappa shape index (κ3) is 4.16. The maximum atomic E-state index is 12.2. The number of nitriles is 1. The number of halogens is 2. The zero-order chi connectivity index (χ0) is 17.7. The molecule has 6 nitrogen and oxygen atoms in total. The first-order valence-corrected chi connectivity index (χ1v) is 7.35. The second-order valence-electron chi connectivity index (χ2n) is 4.57. The summed E-state index contributed by atoms with van der Waals surface area (Å²) in [5.41, 5.74) is 0.778. The number of amides is 1. The van der Waals surface area contributed by atoms with Gasteiger partial charge >= 0.3 is 5.97 Å². The minimum absolute atomic E-state index is 0.167. The molecule has 0 aliphatic rings. The largest absolute Gasteiger partial charge is 0.464 e. The van der Waals surface area contributed by atoms with E-state index >= 15 is 0 Å². The molecule has 0 unspecified atom stereocenters. The number of nitrogens with one attached hydrogen (secondary N) is 2. The first-order valence-electron chi connectivity index (χ1n) is 6.60. The molecule has 0 spiro atoms. The highest BCUT2D eigenvalue weighted by Crippen LogP contribution is 2.25. The monoisotopic (exact) mass is 363 g/mol. The normalized spacial score (nSPS) is 10.8. The van der Waals surface area contributed by atoms with Crippen LogP contribution in [0.2, 0.25) is 10.0 Å².